The Hall–Kier alpha value is -0.260. The lowest BCUT2D eigenvalue weighted by molar-refractivity contribution is 0.540. The molecular weight excluding hydrogens is 312 g/mol. The first kappa shape index (κ1) is 25.7. The van der Waals surface area contributed by atoms with Crippen LogP contribution in [0.5, 0.6) is 0 Å². The van der Waals surface area contributed by atoms with Crippen LogP contribution in [-0.2, 0) is 0 Å². The fourth-order valence-corrected chi connectivity index (χ4v) is 3.73. The summed E-state index contributed by atoms with van der Waals surface area (Å²) in [6, 6.07) is 0. The molecule has 0 radical (unpaired) electrons. The lowest BCUT2D eigenvalue weighted by Crippen LogP contribution is -1.82. The first-order chi connectivity index (χ1) is 12.9. The molecule has 0 aliphatic heterocycles. The second kappa shape index (κ2) is 24.7. The summed E-state index contributed by atoms with van der Waals surface area (Å²) in [6.45, 7) is 4.59. The van der Waals surface area contributed by atoms with Gasteiger partial charge in [-0.05, 0) is 25.7 Å². The van der Waals surface area contributed by atoms with Crippen LogP contribution in [0.4, 0.5) is 0 Å². The molecule has 0 amide bonds. The van der Waals surface area contributed by atoms with E-state index >= 15 is 0 Å². The average molecular weight is 365 g/mol. The summed E-state index contributed by atoms with van der Waals surface area (Å²) in [5, 5.41) is 0. The molecule has 0 fully saturated rings. The van der Waals surface area contributed by atoms with Gasteiger partial charge in [0, 0.05) is 0 Å². The molecule has 0 saturated carbocycles. The van der Waals surface area contributed by atoms with Crippen LogP contribution in [0.2, 0.25) is 0 Å². The summed E-state index contributed by atoms with van der Waals surface area (Å²) in [6.07, 6.45) is 36.4. The van der Waals surface area contributed by atoms with E-state index in [1.807, 2.05) is 0 Å². The Kier molecular flexibility index (Phi) is 24.5. The molecule has 0 aromatic rings. The van der Waals surface area contributed by atoms with E-state index < -0.39 is 0 Å². The van der Waals surface area contributed by atoms with E-state index in [-0.39, 0.29) is 0 Å². The molecule has 0 unspecified atom stereocenters. The number of hydrogen-bond acceptors (Lipinski definition) is 0. The second-order valence-electron chi connectivity index (χ2n) is 8.41. The van der Waals surface area contributed by atoms with Gasteiger partial charge in [-0.15, -0.1) is 0 Å². The summed E-state index contributed by atoms with van der Waals surface area (Å²) in [5.41, 5.74) is 0. The number of rotatable bonds is 22. The highest BCUT2D eigenvalue weighted by Gasteiger charge is 1.93. The van der Waals surface area contributed by atoms with Crippen molar-refractivity contribution in [1.29, 1.82) is 0 Å². The third-order valence-electron chi connectivity index (χ3n) is 5.62. The molecule has 0 rings (SSSR count). The van der Waals surface area contributed by atoms with Crippen LogP contribution < -0.4 is 0 Å². The quantitative estimate of drug-likeness (QED) is 0.132. The zero-order valence-electron chi connectivity index (χ0n) is 18.7. The summed E-state index contributed by atoms with van der Waals surface area (Å²) >= 11 is 0. The Labute approximate surface area is 167 Å². The molecule has 0 aromatic heterocycles. The predicted octanol–water partition coefficient (Wildman–Crippen LogP) is 10.2. The normalized spacial score (nSPS) is 11.6. The van der Waals surface area contributed by atoms with E-state index in [0.29, 0.717) is 0 Å². The first-order valence-corrected chi connectivity index (χ1v) is 12.6. The van der Waals surface area contributed by atoms with Gasteiger partial charge in [0.15, 0.2) is 0 Å². The molecule has 0 aliphatic carbocycles. The molecule has 0 atom stereocenters. The number of unbranched alkanes of at least 4 members (excludes halogenated alkanes) is 20. The van der Waals surface area contributed by atoms with Crippen molar-refractivity contribution in [3.8, 4) is 0 Å². The maximum atomic E-state index is 2.44. The van der Waals surface area contributed by atoms with Crippen LogP contribution in [0.25, 0.3) is 0 Å². The van der Waals surface area contributed by atoms with Gasteiger partial charge in [-0.3, -0.25) is 0 Å². The average Bonchev–Trinajstić information content (AvgIpc) is 2.66. The summed E-state index contributed by atoms with van der Waals surface area (Å²) in [7, 11) is 0. The third kappa shape index (κ3) is 23.7. The van der Waals surface area contributed by atoms with E-state index in [2.05, 4.69) is 26.0 Å². The van der Waals surface area contributed by atoms with Crippen molar-refractivity contribution in [2.75, 3.05) is 0 Å². The molecule has 0 aliphatic rings. The van der Waals surface area contributed by atoms with E-state index in [0.717, 1.165) is 0 Å². The zero-order valence-corrected chi connectivity index (χ0v) is 18.7. The van der Waals surface area contributed by atoms with Gasteiger partial charge in [0.25, 0.3) is 0 Å². The van der Waals surface area contributed by atoms with Crippen molar-refractivity contribution in [2.45, 2.75) is 155 Å². The largest absolute Gasteiger partial charge is 0.0885 e. The molecule has 0 bridgehead atoms. The Morgan fingerprint density at radius 3 is 0.808 bits per heavy atom. The summed E-state index contributed by atoms with van der Waals surface area (Å²) in [5.74, 6) is 0. The molecular formula is C26H52. The van der Waals surface area contributed by atoms with Crippen molar-refractivity contribution in [2.24, 2.45) is 0 Å². The lowest BCUT2D eigenvalue weighted by Gasteiger charge is -2.02. The fourth-order valence-electron chi connectivity index (χ4n) is 3.73. The SMILES string of the molecule is CCCCCCCCCC=CCCCCCCCCCCCCCCC. The van der Waals surface area contributed by atoms with Gasteiger partial charge in [-0.1, -0.05) is 142 Å². The van der Waals surface area contributed by atoms with Crippen LogP contribution in [0.15, 0.2) is 12.2 Å². The molecule has 0 spiro atoms. The number of hydrogen-bond donors (Lipinski definition) is 0. The molecule has 156 valence electrons. The maximum absolute atomic E-state index is 2.44. The first-order valence-electron chi connectivity index (χ1n) is 12.6. The molecule has 0 N–H and O–H groups in total. The van der Waals surface area contributed by atoms with Gasteiger partial charge in [0.1, 0.15) is 0 Å². The number of allylic oxidation sites excluding steroid dienone is 2. The van der Waals surface area contributed by atoms with E-state index in [1.165, 1.54) is 141 Å². The monoisotopic (exact) mass is 364 g/mol. The van der Waals surface area contributed by atoms with Crippen LogP contribution in [0.3, 0.4) is 0 Å². The van der Waals surface area contributed by atoms with E-state index in [4.69, 9.17) is 0 Å². The van der Waals surface area contributed by atoms with Gasteiger partial charge >= 0.3 is 0 Å². The molecule has 26 heavy (non-hydrogen) atoms. The lowest BCUT2D eigenvalue weighted by atomic mass is 10.0. The summed E-state index contributed by atoms with van der Waals surface area (Å²) < 4.78 is 0. The maximum Gasteiger partial charge on any atom is -0.0351 e. The molecule has 0 heterocycles. The van der Waals surface area contributed by atoms with Crippen molar-refractivity contribution in [3.63, 3.8) is 0 Å². The molecule has 0 heteroatoms. The van der Waals surface area contributed by atoms with Gasteiger partial charge in [0.05, 0.1) is 0 Å². The minimum Gasteiger partial charge on any atom is -0.0885 e. The fraction of sp³-hybridized carbons (Fsp3) is 0.923. The van der Waals surface area contributed by atoms with Gasteiger partial charge in [-0.25, -0.2) is 0 Å². The van der Waals surface area contributed by atoms with Crippen molar-refractivity contribution >= 4 is 0 Å². The topological polar surface area (TPSA) is 0 Å². The van der Waals surface area contributed by atoms with Crippen LogP contribution >= 0.6 is 0 Å². The zero-order chi connectivity index (χ0) is 19.0. The van der Waals surface area contributed by atoms with E-state index in [1.54, 1.807) is 0 Å². The minimum atomic E-state index is 1.31. The van der Waals surface area contributed by atoms with Gasteiger partial charge in [-0.2, -0.15) is 0 Å². The third-order valence-corrected chi connectivity index (χ3v) is 5.62. The molecule has 0 saturated heterocycles. The van der Waals surface area contributed by atoms with Gasteiger partial charge < -0.3 is 0 Å². The molecule has 0 aromatic carbocycles. The van der Waals surface area contributed by atoms with Crippen molar-refractivity contribution in [1.82, 2.24) is 0 Å². The summed E-state index contributed by atoms with van der Waals surface area (Å²) in [4.78, 5) is 0. The van der Waals surface area contributed by atoms with Crippen molar-refractivity contribution < 1.29 is 0 Å². The Morgan fingerprint density at radius 2 is 0.538 bits per heavy atom. The highest BCUT2D eigenvalue weighted by atomic mass is 14.0. The second-order valence-corrected chi connectivity index (χ2v) is 8.41. The van der Waals surface area contributed by atoms with E-state index in [9.17, 15) is 0 Å². The van der Waals surface area contributed by atoms with Gasteiger partial charge in [0.2, 0.25) is 0 Å². The molecule has 0 nitrogen and oxygen atoms in total. The Morgan fingerprint density at radius 1 is 0.308 bits per heavy atom. The van der Waals surface area contributed by atoms with Crippen molar-refractivity contribution in [3.05, 3.63) is 12.2 Å². The highest BCUT2D eigenvalue weighted by Crippen LogP contribution is 2.13. The Balaban J connectivity index is 3.04. The Bertz CT molecular complexity index is 253. The van der Waals surface area contributed by atoms with Crippen LogP contribution in [-0.4, -0.2) is 0 Å². The predicted molar refractivity (Wildman–Crippen MR) is 122 cm³/mol. The van der Waals surface area contributed by atoms with Crippen LogP contribution in [0, 0.1) is 0 Å². The highest BCUT2D eigenvalue weighted by molar-refractivity contribution is 4.81. The van der Waals surface area contributed by atoms with Crippen LogP contribution in [0.1, 0.15) is 155 Å². The smallest absolute Gasteiger partial charge is 0.0351 e. The minimum absolute atomic E-state index is 1.31. The standard InChI is InChI=1S/C26H52/c1-3-5-7-9-11-13-15-17-19-21-23-25-26-24-22-20-18-16-14-12-10-8-6-4-2/h19,21H,3-18,20,22-26H2,1-2H3.